The highest BCUT2D eigenvalue weighted by molar-refractivity contribution is 5.96. The Morgan fingerprint density at radius 1 is 0.659 bits per heavy atom. The topological polar surface area (TPSA) is 68.4 Å². The molecule has 0 saturated carbocycles. The van der Waals surface area contributed by atoms with Gasteiger partial charge in [0, 0.05) is 22.0 Å². The van der Waals surface area contributed by atoms with Gasteiger partial charge in [-0.3, -0.25) is 9.59 Å². The van der Waals surface area contributed by atoms with E-state index in [-0.39, 0.29) is 17.9 Å². The zero-order valence-electron chi connectivity index (χ0n) is 23.8. The lowest BCUT2D eigenvalue weighted by Crippen LogP contribution is -2.25. The lowest BCUT2D eigenvalue weighted by Gasteiger charge is -2.15. The van der Waals surface area contributed by atoms with E-state index in [1.54, 1.807) is 18.3 Å². The number of hydrazone groups is 1. The lowest BCUT2D eigenvalue weighted by molar-refractivity contribution is -0.121. The van der Waals surface area contributed by atoms with E-state index in [2.05, 4.69) is 57.6 Å². The Bertz CT molecular complexity index is 2140. The van der Waals surface area contributed by atoms with Crippen LogP contribution in [0.5, 0.6) is 0 Å². The van der Waals surface area contributed by atoms with Crippen molar-refractivity contribution >= 4 is 33.9 Å². The molecule has 0 fully saturated rings. The van der Waals surface area contributed by atoms with Crippen LogP contribution >= 0.6 is 0 Å². The number of hydrogen-bond donors (Lipinski definition) is 1. The maximum atomic E-state index is 13.3. The molecule has 44 heavy (non-hydrogen) atoms. The maximum Gasteiger partial charge on any atom is 0.260 e. The molecule has 212 valence electrons. The number of rotatable bonds is 7. The van der Waals surface area contributed by atoms with Crippen LogP contribution in [0.25, 0.3) is 50.0 Å². The molecule has 2 aromatic heterocycles. The number of fused-ring (bicyclic) bond motifs is 2. The summed E-state index contributed by atoms with van der Waals surface area (Å²) < 4.78 is 4.10. The van der Waals surface area contributed by atoms with Crippen molar-refractivity contribution in [2.45, 2.75) is 6.54 Å². The predicted molar refractivity (Wildman–Crippen MR) is 178 cm³/mol. The second kappa shape index (κ2) is 11.7. The van der Waals surface area contributed by atoms with Crippen LogP contribution in [-0.2, 0) is 11.3 Å². The first-order chi connectivity index (χ1) is 21.7. The number of aromatic nitrogens is 2. The van der Waals surface area contributed by atoms with Crippen LogP contribution in [0.3, 0.4) is 0 Å². The van der Waals surface area contributed by atoms with E-state index in [1.807, 2.05) is 95.6 Å². The van der Waals surface area contributed by atoms with Gasteiger partial charge >= 0.3 is 0 Å². The Labute approximate surface area is 254 Å². The minimum atomic E-state index is -0.299. The Morgan fingerprint density at radius 3 is 1.80 bits per heavy atom. The van der Waals surface area contributed by atoms with Crippen LogP contribution in [0.15, 0.2) is 155 Å². The molecule has 0 saturated heterocycles. The molecule has 0 aliphatic heterocycles. The monoisotopic (exact) mass is 572 g/mol. The number of carbonyl (C=O) groups excluding carboxylic acids is 1. The smallest absolute Gasteiger partial charge is 0.260 e. The molecule has 1 N–H and O–H groups in total. The largest absolute Gasteiger partial charge is 0.331 e. The number of amides is 1. The number of para-hydroxylation sites is 3. The van der Waals surface area contributed by atoms with Gasteiger partial charge in [-0.15, -0.1) is 0 Å². The standard InChI is InChI=1S/C38H28N4O2/c43-36(26-41-33-22-12-10-20-31(33)38(44)32-21-11-13-23-34(32)41)40-39-25-29-24-35(27-14-4-1-5-15-27)42(30-18-8-3-9-19-30)37(29)28-16-6-2-7-17-28/h1-25H,26H2,(H,40,43). The molecule has 0 bridgehead atoms. The van der Waals surface area contributed by atoms with Gasteiger partial charge in [-0.25, -0.2) is 5.43 Å². The third kappa shape index (κ3) is 4.99. The zero-order chi connectivity index (χ0) is 29.9. The van der Waals surface area contributed by atoms with Gasteiger partial charge in [0.15, 0.2) is 5.43 Å². The Morgan fingerprint density at radius 2 is 1.18 bits per heavy atom. The molecule has 6 nitrogen and oxygen atoms in total. The molecule has 7 aromatic rings. The quantitative estimate of drug-likeness (QED) is 0.123. The van der Waals surface area contributed by atoms with Crippen molar-refractivity contribution in [3.63, 3.8) is 0 Å². The second-order valence-electron chi connectivity index (χ2n) is 10.5. The SMILES string of the molecule is O=C(Cn1c2ccccc2c(=O)c2ccccc21)NN=Cc1cc(-c2ccccc2)n(-c2ccccc2)c1-c1ccccc1. The second-order valence-corrected chi connectivity index (χ2v) is 10.5. The van der Waals surface area contributed by atoms with E-state index in [9.17, 15) is 9.59 Å². The molecular weight excluding hydrogens is 544 g/mol. The van der Waals surface area contributed by atoms with Crippen LogP contribution in [0, 0.1) is 0 Å². The number of hydrogen-bond acceptors (Lipinski definition) is 3. The third-order valence-corrected chi connectivity index (χ3v) is 7.73. The molecule has 5 aromatic carbocycles. The van der Waals surface area contributed by atoms with Gasteiger partial charge in [0.25, 0.3) is 5.91 Å². The maximum absolute atomic E-state index is 13.3. The Hall–Kier alpha value is -6.01. The van der Waals surface area contributed by atoms with E-state index in [4.69, 9.17) is 0 Å². The molecule has 0 spiro atoms. The first-order valence-corrected chi connectivity index (χ1v) is 14.4. The summed E-state index contributed by atoms with van der Waals surface area (Å²) in [6.07, 6.45) is 1.70. The normalized spacial score (nSPS) is 11.4. The van der Waals surface area contributed by atoms with Gasteiger partial charge < -0.3 is 9.13 Å². The van der Waals surface area contributed by atoms with Gasteiger partial charge in [-0.1, -0.05) is 103 Å². The summed E-state index contributed by atoms with van der Waals surface area (Å²) in [4.78, 5) is 26.4. The lowest BCUT2D eigenvalue weighted by atomic mass is 10.1. The fourth-order valence-corrected chi connectivity index (χ4v) is 5.79. The molecule has 2 heterocycles. The van der Waals surface area contributed by atoms with Gasteiger partial charge in [-0.05, 0) is 53.6 Å². The van der Waals surface area contributed by atoms with Crippen molar-refractivity contribution in [1.29, 1.82) is 0 Å². The molecule has 7 rings (SSSR count). The van der Waals surface area contributed by atoms with E-state index >= 15 is 0 Å². The van der Waals surface area contributed by atoms with E-state index in [1.165, 1.54) is 0 Å². The number of pyridine rings is 1. The highest BCUT2D eigenvalue weighted by atomic mass is 16.2. The Kier molecular flexibility index (Phi) is 7.14. The average Bonchev–Trinajstić information content (AvgIpc) is 3.47. The predicted octanol–water partition coefficient (Wildman–Crippen LogP) is 7.43. The van der Waals surface area contributed by atoms with Crippen molar-refractivity contribution in [2.24, 2.45) is 5.10 Å². The fourth-order valence-electron chi connectivity index (χ4n) is 5.79. The van der Waals surface area contributed by atoms with Crippen molar-refractivity contribution in [2.75, 3.05) is 0 Å². The molecule has 0 aliphatic rings. The van der Waals surface area contributed by atoms with Crippen LogP contribution in [-0.4, -0.2) is 21.3 Å². The molecule has 0 atom stereocenters. The minimum absolute atomic E-state index is 0.00445. The average molecular weight is 573 g/mol. The summed E-state index contributed by atoms with van der Waals surface area (Å²) in [5.74, 6) is -0.299. The molecule has 6 heteroatoms. The van der Waals surface area contributed by atoms with Gasteiger partial charge in [0.2, 0.25) is 0 Å². The summed E-state index contributed by atoms with van der Waals surface area (Å²) in [5.41, 5.74) is 10.0. The number of benzene rings is 5. The fraction of sp³-hybridized carbons (Fsp3) is 0.0263. The van der Waals surface area contributed by atoms with Crippen molar-refractivity contribution in [1.82, 2.24) is 14.6 Å². The van der Waals surface area contributed by atoms with Gasteiger partial charge in [0.05, 0.1) is 28.6 Å². The third-order valence-electron chi connectivity index (χ3n) is 7.73. The summed E-state index contributed by atoms with van der Waals surface area (Å²) in [7, 11) is 0. The number of nitrogens with zero attached hydrogens (tertiary/aromatic N) is 3. The first kappa shape index (κ1) is 26.9. The summed E-state index contributed by atoms with van der Waals surface area (Å²) in [5, 5.41) is 5.58. The summed E-state index contributed by atoms with van der Waals surface area (Å²) in [6.45, 7) is 0.00445. The number of nitrogens with one attached hydrogen (secondary N) is 1. The van der Waals surface area contributed by atoms with Crippen LogP contribution < -0.4 is 10.9 Å². The van der Waals surface area contributed by atoms with Crippen molar-refractivity contribution < 1.29 is 4.79 Å². The van der Waals surface area contributed by atoms with E-state index in [0.717, 1.165) is 33.8 Å². The van der Waals surface area contributed by atoms with Crippen LogP contribution in [0.1, 0.15) is 5.56 Å². The molecular formula is C38H28N4O2. The highest BCUT2D eigenvalue weighted by Gasteiger charge is 2.19. The number of carbonyl (C=O) groups is 1. The molecule has 0 radical (unpaired) electrons. The van der Waals surface area contributed by atoms with Crippen molar-refractivity contribution in [3.8, 4) is 28.2 Å². The van der Waals surface area contributed by atoms with E-state index < -0.39 is 0 Å². The highest BCUT2D eigenvalue weighted by Crippen LogP contribution is 2.35. The summed E-state index contributed by atoms with van der Waals surface area (Å²) in [6, 6.07) is 47.5. The molecule has 0 aliphatic carbocycles. The van der Waals surface area contributed by atoms with Gasteiger partial charge in [-0.2, -0.15) is 5.10 Å². The summed E-state index contributed by atoms with van der Waals surface area (Å²) >= 11 is 0. The zero-order valence-corrected chi connectivity index (χ0v) is 23.8. The molecule has 1 amide bonds. The first-order valence-electron chi connectivity index (χ1n) is 14.4. The van der Waals surface area contributed by atoms with Crippen LogP contribution in [0.4, 0.5) is 0 Å². The van der Waals surface area contributed by atoms with E-state index in [0.29, 0.717) is 21.8 Å². The van der Waals surface area contributed by atoms with Crippen LogP contribution in [0.2, 0.25) is 0 Å². The Balaban J connectivity index is 1.28. The van der Waals surface area contributed by atoms with Crippen molar-refractivity contribution in [3.05, 3.63) is 161 Å². The molecule has 0 unspecified atom stereocenters. The van der Waals surface area contributed by atoms with Gasteiger partial charge in [0.1, 0.15) is 6.54 Å². The minimum Gasteiger partial charge on any atom is -0.331 e.